The molecule has 0 atom stereocenters. The third-order valence-corrected chi connectivity index (χ3v) is 4.67. The molecule has 0 radical (unpaired) electrons. The Balaban J connectivity index is 1.89. The van der Waals surface area contributed by atoms with E-state index in [-0.39, 0.29) is 11.8 Å². The minimum atomic E-state index is -1.14. The molecule has 138 valence electrons. The molecule has 1 aromatic carbocycles. The van der Waals surface area contributed by atoms with Crippen LogP contribution < -0.4 is 10.6 Å². The summed E-state index contributed by atoms with van der Waals surface area (Å²) in [5.74, 6) is -0.557. The van der Waals surface area contributed by atoms with Crippen LogP contribution in [0.2, 0.25) is 0 Å². The zero-order chi connectivity index (χ0) is 18.4. The predicted molar refractivity (Wildman–Crippen MR) is 98.6 cm³/mol. The second-order valence-corrected chi connectivity index (χ2v) is 7.06. The van der Waals surface area contributed by atoms with Gasteiger partial charge >= 0.3 is 0 Å². The van der Waals surface area contributed by atoms with Crippen LogP contribution in [0.25, 0.3) is 0 Å². The molecule has 6 heteroatoms. The average molecular weight is 347 g/mol. The molecule has 1 saturated heterocycles. The summed E-state index contributed by atoms with van der Waals surface area (Å²) in [5, 5.41) is 5.80. The van der Waals surface area contributed by atoms with Gasteiger partial charge < -0.3 is 15.4 Å². The van der Waals surface area contributed by atoms with Crippen molar-refractivity contribution in [2.45, 2.75) is 27.7 Å². The molecule has 1 aliphatic heterocycles. The zero-order valence-corrected chi connectivity index (χ0v) is 15.6. The molecular formula is C19H29N3O3. The fraction of sp³-hybridized carbons (Fsp3) is 0.579. The lowest BCUT2D eigenvalue weighted by Gasteiger charge is -2.28. The standard InChI is InChI=1S/C19H29N3O3/c1-14-6-5-7-15(2)16(14)21-18(24)19(3,4)17(23)20-8-9-22-10-12-25-13-11-22/h5-7H,8-13H2,1-4H3,(H,20,23)(H,21,24). The first-order valence-electron chi connectivity index (χ1n) is 8.78. The number of hydrogen-bond acceptors (Lipinski definition) is 4. The van der Waals surface area contributed by atoms with Crippen LogP contribution in [0.15, 0.2) is 18.2 Å². The molecule has 1 heterocycles. The van der Waals surface area contributed by atoms with Gasteiger partial charge in [0.25, 0.3) is 0 Å². The molecule has 0 aliphatic carbocycles. The van der Waals surface area contributed by atoms with Gasteiger partial charge in [0.15, 0.2) is 0 Å². The van der Waals surface area contributed by atoms with Gasteiger partial charge in [-0.15, -0.1) is 0 Å². The Morgan fingerprint density at radius 1 is 1.12 bits per heavy atom. The molecule has 0 bridgehead atoms. The molecule has 1 aromatic rings. The molecule has 0 saturated carbocycles. The van der Waals surface area contributed by atoms with Gasteiger partial charge in [-0.3, -0.25) is 14.5 Å². The molecule has 0 spiro atoms. The topological polar surface area (TPSA) is 70.7 Å². The first kappa shape index (κ1) is 19.4. The second kappa shape index (κ2) is 8.45. The summed E-state index contributed by atoms with van der Waals surface area (Å²) >= 11 is 0. The zero-order valence-electron chi connectivity index (χ0n) is 15.6. The lowest BCUT2D eigenvalue weighted by molar-refractivity contribution is -0.138. The summed E-state index contributed by atoms with van der Waals surface area (Å²) in [4.78, 5) is 27.4. The van der Waals surface area contributed by atoms with Gasteiger partial charge in [-0.1, -0.05) is 18.2 Å². The molecule has 1 aliphatic rings. The van der Waals surface area contributed by atoms with E-state index in [2.05, 4.69) is 15.5 Å². The van der Waals surface area contributed by atoms with Crippen molar-refractivity contribution < 1.29 is 14.3 Å². The summed E-state index contributed by atoms with van der Waals surface area (Å²) < 4.78 is 5.31. The molecule has 2 amide bonds. The van der Waals surface area contributed by atoms with Crippen LogP contribution >= 0.6 is 0 Å². The maximum Gasteiger partial charge on any atom is 0.239 e. The number of benzene rings is 1. The van der Waals surface area contributed by atoms with E-state index in [1.54, 1.807) is 13.8 Å². The van der Waals surface area contributed by atoms with Crippen LogP contribution in [0, 0.1) is 19.3 Å². The Hall–Kier alpha value is -1.92. The van der Waals surface area contributed by atoms with E-state index in [4.69, 9.17) is 4.74 Å². The van der Waals surface area contributed by atoms with E-state index in [0.717, 1.165) is 49.7 Å². The van der Waals surface area contributed by atoms with Crippen molar-refractivity contribution in [3.8, 4) is 0 Å². The van der Waals surface area contributed by atoms with E-state index < -0.39 is 5.41 Å². The van der Waals surface area contributed by atoms with E-state index >= 15 is 0 Å². The van der Waals surface area contributed by atoms with Crippen LogP contribution in [-0.2, 0) is 14.3 Å². The molecule has 0 unspecified atom stereocenters. The van der Waals surface area contributed by atoms with Crippen LogP contribution in [0.1, 0.15) is 25.0 Å². The quantitative estimate of drug-likeness (QED) is 0.769. The van der Waals surface area contributed by atoms with Gasteiger partial charge in [0.2, 0.25) is 11.8 Å². The Morgan fingerprint density at radius 3 is 2.32 bits per heavy atom. The Morgan fingerprint density at radius 2 is 1.72 bits per heavy atom. The van der Waals surface area contributed by atoms with Crippen molar-refractivity contribution in [1.29, 1.82) is 0 Å². The predicted octanol–water partition coefficient (Wildman–Crippen LogP) is 1.72. The minimum absolute atomic E-state index is 0.260. The number of rotatable bonds is 6. The fourth-order valence-corrected chi connectivity index (χ4v) is 2.76. The van der Waals surface area contributed by atoms with Crippen molar-refractivity contribution in [2.75, 3.05) is 44.7 Å². The number of hydrogen-bond donors (Lipinski definition) is 2. The fourth-order valence-electron chi connectivity index (χ4n) is 2.76. The highest BCUT2D eigenvalue weighted by Gasteiger charge is 2.36. The number of nitrogens with zero attached hydrogens (tertiary/aromatic N) is 1. The number of morpholine rings is 1. The number of para-hydroxylation sites is 1. The van der Waals surface area contributed by atoms with Gasteiger partial charge in [0, 0.05) is 31.9 Å². The number of carbonyl (C=O) groups is 2. The molecule has 6 nitrogen and oxygen atoms in total. The molecule has 25 heavy (non-hydrogen) atoms. The summed E-state index contributed by atoms with van der Waals surface area (Å²) in [6, 6.07) is 5.83. The number of nitrogens with one attached hydrogen (secondary N) is 2. The number of anilines is 1. The van der Waals surface area contributed by atoms with E-state index in [0.29, 0.717) is 6.54 Å². The first-order chi connectivity index (χ1) is 11.8. The van der Waals surface area contributed by atoms with Crippen molar-refractivity contribution in [3.63, 3.8) is 0 Å². The van der Waals surface area contributed by atoms with E-state index in [9.17, 15) is 9.59 Å². The van der Waals surface area contributed by atoms with Crippen LogP contribution in [0.4, 0.5) is 5.69 Å². The van der Waals surface area contributed by atoms with Gasteiger partial charge in [-0.05, 0) is 38.8 Å². The Labute approximate surface area is 149 Å². The monoisotopic (exact) mass is 347 g/mol. The number of ether oxygens (including phenoxy) is 1. The summed E-state index contributed by atoms with van der Waals surface area (Å²) in [5.41, 5.74) is 1.61. The van der Waals surface area contributed by atoms with Crippen LogP contribution in [-0.4, -0.2) is 56.1 Å². The lowest BCUT2D eigenvalue weighted by Crippen LogP contribution is -2.48. The number of carbonyl (C=O) groups excluding carboxylic acids is 2. The summed E-state index contributed by atoms with van der Waals surface area (Å²) in [6.07, 6.45) is 0. The second-order valence-electron chi connectivity index (χ2n) is 7.06. The van der Waals surface area contributed by atoms with Crippen molar-refractivity contribution >= 4 is 17.5 Å². The van der Waals surface area contributed by atoms with Gasteiger partial charge in [0.05, 0.1) is 13.2 Å². The Bertz CT molecular complexity index is 602. The highest BCUT2D eigenvalue weighted by molar-refractivity contribution is 6.10. The molecular weight excluding hydrogens is 318 g/mol. The molecule has 1 fully saturated rings. The summed E-state index contributed by atoms with van der Waals surface area (Å²) in [7, 11) is 0. The van der Waals surface area contributed by atoms with Crippen molar-refractivity contribution in [3.05, 3.63) is 29.3 Å². The highest BCUT2D eigenvalue weighted by Crippen LogP contribution is 2.24. The number of amides is 2. The van der Waals surface area contributed by atoms with Gasteiger partial charge in [-0.25, -0.2) is 0 Å². The minimum Gasteiger partial charge on any atom is -0.379 e. The van der Waals surface area contributed by atoms with Gasteiger partial charge in [-0.2, -0.15) is 0 Å². The SMILES string of the molecule is Cc1cccc(C)c1NC(=O)C(C)(C)C(=O)NCCN1CCOCC1. The smallest absolute Gasteiger partial charge is 0.239 e. The highest BCUT2D eigenvalue weighted by atomic mass is 16.5. The van der Waals surface area contributed by atoms with E-state index in [1.165, 1.54) is 0 Å². The lowest BCUT2D eigenvalue weighted by atomic mass is 9.90. The summed E-state index contributed by atoms with van der Waals surface area (Å²) in [6.45, 7) is 11.7. The van der Waals surface area contributed by atoms with Crippen LogP contribution in [0.3, 0.4) is 0 Å². The maximum atomic E-state index is 12.6. The molecule has 2 N–H and O–H groups in total. The van der Waals surface area contributed by atoms with Gasteiger partial charge in [0.1, 0.15) is 5.41 Å². The first-order valence-corrected chi connectivity index (χ1v) is 8.78. The van der Waals surface area contributed by atoms with Crippen molar-refractivity contribution in [2.24, 2.45) is 5.41 Å². The normalized spacial score (nSPS) is 15.7. The molecule has 2 rings (SSSR count). The number of aryl methyl sites for hydroxylation is 2. The van der Waals surface area contributed by atoms with Crippen molar-refractivity contribution in [1.82, 2.24) is 10.2 Å². The maximum absolute atomic E-state index is 12.6. The average Bonchev–Trinajstić information content (AvgIpc) is 2.58. The third kappa shape index (κ3) is 5.03. The third-order valence-electron chi connectivity index (χ3n) is 4.67. The largest absolute Gasteiger partial charge is 0.379 e. The van der Waals surface area contributed by atoms with Crippen LogP contribution in [0.5, 0.6) is 0 Å². The van der Waals surface area contributed by atoms with E-state index in [1.807, 2.05) is 32.0 Å². The Kier molecular flexibility index (Phi) is 6.56. The molecule has 0 aromatic heterocycles.